The average Bonchev–Trinajstić information content (AvgIpc) is 3.16. The number of aliphatic hydroxyl groups is 1. The molecule has 5 nitrogen and oxygen atoms in total. The van der Waals surface area contributed by atoms with Crippen molar-refractivity contribution in [3.8, 4) is 0 Å². The molecule has 0 aliphatic heterocycles. The van der Waals surface area contributed by atoms with E-state index in [9.17, 15) is 19.5 Å². The van der Waals surface area contributed by atoms with E-state index in [4.69, 9.17) is 4.42 Å². The summed E-state index contributed by atoms with van der Waals surface area (Å²) in [6, 6.07) is 3.50. The first-order valence-corrected chi connectivity index (χ1v) is 8.02. The zero-order valence-electron chi connectivity index (χ0n) is 13.0. The Morgan fingerprint density at radius 1 is 1.12 bits per heavy atom. The number of carbonyl (C=O) groups is 3. The summed E-state index contributed by atoms with van der Waals surface area (Å²) in [5.74, 6) is -0.342. The second-order valence-electron chi connectivity index (χ2n) is 6.97. The maximum atomic E-state index is 13.0. The average molecular weight is 322 g/mol. The largest absolute Gasteiger partial charge is 0.460 e. The molecule has 3 aliphatic rings. The van der Waals surface area contributed by atoms with Crippen LogP contribution in [0.5, 0.6) is 0 Å². The molecule has 0 amide bonds. The topological polar surface area (TPSA) is 84.6 Å². The highest BCUT2D eigenvalue weighted by Gasteiger charge is 2.53. The number of fused-ring (bicyclic) bond motifs is 4. The zero-order valence-corrected chi connectivity index (χ0v) is 13.0. The van der Waals surface area contributed by atoms with Crippen LogP contribution in [0.15, 0.2) is 22.8 Å². The maximum absolute atomic E-state index is 13.0. The molecule has 3 aliphatic carbocycles. The third-order valence-electron chi connectivity index (χ3n) is 5.86. The van der Waals surface area contributed by atoms with Crippen LogP contribution in [0, 0.1) is 0 Å². The Kier molecular flexibility index (Phi) is 2.37. The number of Topliss-reactive ketones (excluding diaryl/α,β-unsaturated/α-hetero) is 2. The second kappa shape index (κ2) is 4.11. The van der Waals surface area contributed by atoms with E-state index in [1.165, 1.54) is 6.26 Å². The minimum absolute atomic E-state index is 0.00782. The first-order chi connectivity index (χ1) is 11.4. The Morgan fingerprint density at radius 3 is 2.71 bits per heavy atom. The van der Waals surface area contributed by atoms with Gasteiger partial charge in [-0.05, 0) is 24.5 Å². The lowest BCUT2D eigenvalue weighted by atomic mass is 9.60. The normalized spacial score (nSPS) is 27.1. The lowest BCUT2D eigenvalue weighted by Crippen LogP contribution is -2.47. The van der Waals surface area contributed by atoms with Crippen molar-refractivity contribution in [2.24, 2.45) is 0 Å². The van der Waals surface area contributed by atoms with Gasteiger partial charge in [0.15, 0.2) is 17.3 Å². The first kappa shape index (κ1) is 13.9. The Morgan fingerprint density at radius 2 is 1.92 bits per heavy atom. The lowest BCUT2D eigenvalue weighted by Gasteiger charge is -2.42. The van der Waals surface area contributed by atoms with Gasteiger partial charge in [0, 0.05) is 34.9 Å². The highest BCUT2D eigenvalue weighted by Crippen LogP contribution is 2.51. The highest BCUT2D eigenvalue weighted by atomic mass is 16.3. The van der Waals surface area contributed by atoms with Crippen molar-refractivity contribution in [1.29, 1.82) is 0 Å². The van der Waals surface area contributed by atoms with Crippen LogP contribution >= 0.6 is 0 Å². The van der Waals surface area contributed by atoms with Crippen molar-refractivity contribution in [1.82, 2.24) is 0 Å². The molecule has 5 rings (SSSR count). The van der Waals surface area contributed by atoms with E-state index in [1.54, 1.807) is 12.1 Å². The molecule has 1 N–H and O–H groups in total. The number of benzene rings is 1. The fraction of sp³-hybridized carbons (Fsp3) is 0.316. The van der Waals surface area contributed by atoms with Crippen LogP contribution in [0.3, 0.4) is 0 Å². The molecule has 0 saturated heterocycles. The second-order valence-corrected chi connectivity index (χ2v) is 6.97. The zero-order chi connectivity index (χ0) is 16.8. The van der Waals surface area contributed by atoms with Crippen LogP contribution in [-0.4, -0.2) is 28.6 Å². The molecule has 0 bridgehead atoms. The third-order valence-corrected chi connectivity index (χ3v) is 5.86. The van der Waals surface area contributed by atoms with E-state index in [0.717, 1.165) is 5.56 Å². The monoisotopic (exact) mass is 322 g/mol. The maximum Gasteiger partial charge on any atom is 0.229 e. The highest BCUT2D eigenvalue weighted by molar-refractivity contribution is 6.17. The fourth-order valence-electron chi connectivity index (χ4n) is 4.56. The lowest BCUT2D eigenvalue weighted by molar-refractivity contribution is 0.0672. The molecule has 2 atom stereocenters. The summed E-state index contributed by atoms with van der Waals surface area (Å²) in [6.45, 7) is 1.84. The number of rotatable bonds is 0. The van der Waals surface area contributed by atoms with Crippen molar-refractivity contribution in [3.05, 3.63) is 57.5 Å². The van der Waals surface area contributed by atoms with Crippen LogP contribution in [0.25, 0.3) is 0 Å². The third kappa shape index (κ3) is 1.34. The van der Waals surface area contributed by atoms with Crippen LogP contribution < -0.4 is 0 Å². The van der Waals surface area contributed by atoms with Gasteiger partial charge in [0.25, 0.3) is 0 Å². The molecule has 120 valence electrons. The number of hydrogen-bond donors (Lipinski definition) is 1. The fourth-order valence-corrected chi connectivity index (χ4v) is 4.56. The van der Waals surface area contributed by atoms with E-state index in [-0.39, 0.29) is 29.5 Å². The molecule has 24 heavy (non-hydrogen) atoms. The van der Waals surface area contributed by atoms with Gasteiger partial charge in [-0.3, -0.25) is 14.4 Å². The van der Waals surface area contributed by atoms with Crippen LogP contribution in [-0.2, 0) is 11.8 Å². The molecular formula is C19H14O5. The summed E-state index contributed by atoms with van der Waals surface area (Å²) in [5, 5.41) is 10.7. The number of aliphatic hydroxyl groups excluding tert-OH is 1. The number of carbonyl (C=O) groups excluding carboxylic acids is 3. The minimum atomic E-state index is -0.934. The summed E-state index contributed by atoms with van der Waals surface area (Å²) >= 11 is 0. The summed E-state index contributed by atoms with van der Waals surface area (Å²) < 4.78 is 5.46. The molecule has 2 aromatic rings. The van der Waals surface area contributed by atoms with Crippen LogP contribution in [0.1, 0.15) is 73.3 Å². The van der Waals surface area contributed by atoms with Crippen molar-refractivity contribution in [2.75, 3.05) is 0 Å². The number of hydrogen-bond acceptors (Lipinski definition) is 5. The van der Waals surface area contributed by atoms with E-state index in [2.05, 4.69) is 0 Å². The quantitative estimate of drug-likeness (QED) is 0.804. The van der Waals surface area contributed by atoms with Gasteiger partial charge in [0.1, 0.15) is 6.26 Å². The van der Waals surface area contributed by atoms with Crippen molar-refractivity contribution in [2.45, 2.75) is 37.7 Å². The van der Waals surface area contributed by atoms with Crippen molar-refractivity contribution in [3.63, 3.8) is 0 Å². The number of ketones is 3. The summed E-state index contributed by atoms with van der Waals surface area (Å²) in [6.07, 6.45) is 1.30. The Bertz CT molecular complexity index is 980. The predicted octanol–water partition coefficient (Wildman–Crippen LogP) is 2.21. The van der Waals surface area contributed by atoms with Crippen molar-refractivity contribution < 1.29 is 23.9 Å². The molecule has 0 radical (unpaired) electrons. The number of furan rings is 1. The van der Waals surface area contributed by atoms with E-state index >= 15 is 0 Å². The van der Waals surface area contributed by atoms with E-state index in [1.807, 2.05) is 6.92 Å². The molecular weight excluding hydrogens is 308 g/mol. The molecule has 1 aromatic carbocycles. The van der Waals surface area contributed by atoms with Gasteiger partial charge in [-0.25, -0.2) is 0 Å². The predicted molar refractivity (Wildman–Crippen MR) is 82.6 cm³/mol. The van der Waals surface area contributed by atoms with Crippen molar-refractivity contribution >= 4 is 17.3 Å². The molecule has 0 saturated carbocycles. The van der Waals surface area contributed by atoms with Gasteiger partial charge >= 0.3 is 0 Å². The smallest absolute Gasteiger partial charge is 0.229 e. The summed E-state index contributed by atoms with van der Waals surface area (Å²) in [7, 11) is 0. The summed E-state index contributed by atoms with van der Waals surface area (Å²) in [5.41, 5.74) is 2.49. The van der Waals surface area contributed by atoms with Gasteiger partial charge in [0.05, 0.1) is 11.7 Å². The van der Waals surface area contributed by atoms with E-state index in [0.29, 0.717) is 40.7 Å². The van der Waals surface area contributed by atoms with Crippen LogP contribution in [0.4, 0.5) is 0 Å². The Labute approximate surface area is 137 Å². The molecule has 5 heteroatoms. The van der Waals surface area contributed by atoms with Gasteiger partial charge in [0.2, 0.25) is 5.78 Å². The standard InChI is InChI=1S/C19H14O5/c1-19-11-4-2-8-9(3-5-12(8)20)15(11)17(23)18-16(19)10(7-24-18)13(21)6-14(19)22/h2,4,7,14,22H,3,5-6H2,1H3/t14-,19?/m1/s1. The first-order valence-electron chi connectivity index (χ1n) is 8.02. The Hall–Kier alpha value is -2.53. The molecule has 1 unspecified atom stereocenters. The SMILES string of the molecule is CC12c3ccc4c(c3C(=O)c3occ(c31)C(=O)C[C@H]2O)CCC4=O. The molecule has 0 spiro atoms. The van der Waals surface area contributed by atoms with Gasteiger partial charge < -0.3 is 9.52 Å². The van der Waals surface area contributed by atoms with E-state index < -0.39 is 11.5 Å². The van der Waals surface area contributed by atoms with Gasteiger partial charge in [-0.1, -0.05) is 12.1 Å². The van der Waals surface area contributed by atoms with Crippen LogP contribution in [0.2, 0.25) is 0 Å². The molecule has 0 fully saturated rings. The summed E-state index contributed by atoms with van der Waals surface area (Å²) in [4.78, 5) is 37.3. The Balaban J connectivity index is 1.91. The van der Waals surface area contributed by atoms with Gasteiger partial charge in [-0.15, -0.1) is 0 Å². The van der Waals surface area contributed by atoms with Gasteiger partial charge in [-0.2, -0.15) is 0 Å². The molecule has 1 aromatic heterocycles. The molecule has 1 heterocycles. The minimum Gasteiger partial charge on any atom is -0.460 e.